The van der Waals surface area contributed by atoms with Crippen LogP contribution in [0.15, 0.2) is 76.7 Å². The van der Waals surface area contributed by atoms with Crippen molar-refractivity contribution in [2.75, 3.05) is 5.75 Å². The molecule has 5 aromatic rings. The monoisotopic (exact) mass is 460 g/mol. The maximum atomic E-state index is 13.1. The molecule has 0 aliphatic rings. The topological polar surface area (TPSA) is 88.6 Å². The predicted molar refractivity (Wildman–Crippen MR) is 128 cm³/mol. The first kappa shape index (κ1) is 20.5. The molecule has 3 heterocycles. The number of nitrogens with one attached hydrogen (secondary N) is 1. The molecule has 6 nitrogen and oxygen atoms in total. The third-order valence-corrected chi connectivity index (χ3v) is 6.77. The lowest BCUT2D eigenvalue weighted by Crippen LogP contribution is -2.15. The van der Waals surface area contributed by atoms with Gasteiger partial charge in [0, 0.05) is 34.7 Å². The van der Waals surface area contributed by atoms with Gasteiger partial charge in [0.25, 0.3) is 0 Å². The molecular weight excluding hydrogens is 444 g/mol. The first-order valence-corrected chi connectivity index (χ1v) is 11.7. The number of fused-ring (bicyclic) bond motifs is 2. The van der Waals surface area contributed by atoms with Gasteiger partial charge in [-0.2, -0.15) is 0 Å². The molecule has 8 heteroatoms. The van der Waals surface area contributed by atoms with Crippen molar-refractivity contribution in [2.24, 2.45) is 0 Å². The lowest BCUT2D eigenvalue weighted by atomic mass is 10.0. The molecule has 1 unspecified atom stereocenters. The van der Waals surface area contributed by atoms with E-state index in [1.54, 1.807) is 19.2 Å². The number of pyridine rings is 2. The zero-order chi connectivity index (χ0) is 22.2. The van der Waals surface area contributed by atoms with E-state index in [4.69, 9.17) is 21.6 Å². The van der Waals surface area contributed by atoms with Crippen molar-refractivity contribution in [3.8, 4) is 22.5 Å². The molecule has 0 aliphatic carbocycles. The van der Waals surface area contributed by atoms with Gasteiger partial charge in [-0.25, -0.2) is 9.97 Å². The standard InChI is InChI=1S/C24H17ClN4O2S/c1-2-32(31)18-13-27-24-22(23(18)30)28-21(20(29-24)14-7-4-3-5-8-14)16-11-15-9-6-10-26-19(15)17(25)12-16/h3-13H,2H2,1H3,(H,27,29,30). The van der Waals surface area contributed by atoms with E-state index in [-0.39, 0.29) is 15.8 Å². The van der Waals surface area contributed by atoms with E-state index in [2.05, 4.69) is 9.97 Å². The molecule has 0 fully saturated rings. The third-order valence-electron chi connectivity index (χ3n) is 5.16. The smallest absolute Gasteiger partial charge is 0.225 e. The molecule has 0 radical (unpaired) electrons. The molecule has 0 amide bonds. The summed E-state index contributed by atoms with van der Waals surface area (Å²) in [6.07, 6.45) is 3.15. The number of nitrogens with zero attached hydrogens (tertiary/aromatic N) is 3. The maximum Gasteiger partial charge on any atom is 0.225 e. The minimum atomic E-state index is -1.41. The van der Waals surface area contributed by atoms with E-state index >= 15 is 0 Å². The van der Waals surface area contributed by atoms with Crippen LogP contribution in [-0.2, 0) is 10.8 Å². The van der Waals surface area contributed by atoms with Crippen LogP contribution < -0.4 is 5.43 Å². The minimum absolute atomic E-state index is 0.140. The van der Waals surface area contributed by atoms with Crippen LogP contribution in [0.2, 0.25) is 5.02 Å². The maximum absolute atomic E-state index is 13.1. The Morgan fingerprint density at radius 3 is 2.53 bits per heavy atom. The molecule has 0 spiro atoms. The van der Waals surface area contributed by atoms with Crippen molar-refractivity contribution < 1.29 is 4.21 Å². The summed E-state index contributed by atoms with van der Waals surface area (Å²) in [6, 6.07) is 17.1. The van der Waals surface area contributed by atoms with Gasteiger partial charge in [0.1, 0.15) is 4.90 Å². The molecule has 0 saturated carbocycles. The quantitative estimate of drug-likeness (QED) is 0.408. The molecule has 0 bridgehead atoms. The van der Waals surface area contributed by atoms with Crippen LogP contribution >= 0.6 is 11.6 Å². The first-order valence-electron chi connectivity index (χ1n) is 9.98. The van der Waals surface area contributed by atoms with Crippen LogP contribution in [0.4, 0.5) is 0 Å². The number of rotatable bonds is 4. The van der Waals surface area contributed by atoms with Crippen LogP contribution in [0, 0.1) is 0 Å². The largest absolute Gasteiger partial charge is 0.343 e. The number of benzene rings is 2. The number of aromatic nitrogens is 4. The van der Waals surface area contributed by atoms with Crippen LogP contribution in [0.1, 0.15) is 6.92 Å². The van der Waals surface area contributed by atoms with Crippen molar-refractivity contribution in [1.82, 2.24) is 19.9 Å². The van der Waals surface area contributed by atoms with Crippen molar-refractivity contribution in [3.63, 3.8) is 0 Å². The lowest BCUT2D eigenvalue weighted by Gasteiger charge is -2.12. The summed E-state index contributed by atoms with van der Waals surface area (Å²) in [5.41, 5.74) is 3.46. The fourth-order valence-electron chi connectivity index (χ4n) is 3.62. The molecule has 2 aromatic carbocycles. The molecule has 32 heavy (non-hydrogen) atoms. The summed E-state index contributed by atoms with van der Waals surface area (Å²) in [4.78, 5) is 30.1. The van der Waals surface area contributed by atoms with Crippen LogP contribution in [0.25, 0.3) is 44.6 Å². The fraction of sp³-hybridized carbons (Fsp3) is 0.0833. The van der Waals surface area contributed by atoms with Crippen LogP contribution in [0.3, 0.4) is 0 Å². The van der Waals surface area contributed by atoms with Gasteiger partial charge in [-0.15, -0.1) is 0 Å². The molecule has 158 valence electrons. The van der Waals surface area contributed by atoms with Crippen LogP contribution in [-0.4, -0.2) is 29.9 Å². The number of hydrogen-bond donors (Lipinski definition) is 1. The highest BCUT2D eigenvalue weighted by atomic mass is 35.5. The SMILES string of the molecule is CCS(=O)c1c[nH]c2nc(-c3ccccc3)c(-c3cc(Cl)c4ncccc4c3)nc2c1=O. The van der Waals surface area contributed by atoms with Gasteiger partial charge < -0.3 is 4.98 Å². The Labute approximate surface area is 190 Å². The van der Waals surface area contributed by atoms with Gasteiger partial charge in [-0.1, -0.05) is 54.9 Å². The van der Waals surface area contributed by atoms with Crippen molar-refractivity contribution in [2.45, 2.75) is 11.8 Å². The van der Waals surface area contributed by atoms with Gasteiger partial charge in [0.2, 0.25) is 5.43 Å². The molecule has 1 N–H and O–H groups in total. The van der Waals surface area contributed by atoms with Crippen molar-refractivity contribution >= 4 is 44.5 Å². The normalized spacial score (nSPS) is 12.3. The summed E-state index contributed by atoms with van der Waals surface area (Å²) >= 11 is 6.53. The van der Waals surface area contributed by atoms with E-state index in [0.717, 1.165) is 10.9 Å². The average molecular weight is 461 g/mol. The van der Waals surface area contributed by atoms with Crippen LogP contribution in [0.5, 0.6) is 0 Å². The van der Waals surface area contributed by atoms with Gasteiger partial charge >= 0.3 is 0 Å². The first-order chi connectivity index (χ1) is 15.6. The Kier molecular flexibility index (Phi) is 5.28. The summed E-state index contributed by atoms with van der Waals surface area (Å²) < 4.78 is 12.3. The summed E-state index contributed by atoms with van der Waals surface area (Å²) in [5.74, 6) is 0.338. The van der Waals surface area contributed by atoms with Crippen molar-refractivity contribution in [1.29, 1.82) is 0 Å². The second-order valence-corrected chi connectivity index (χ2v) is 9.25. The number of aromatic amines is 1. The van der Waals surface area contributed by atoms with Crippen molar-refractivity contribution in [3.05, 3.63) is 82.2 Å². The zero-order valence-electron chi connectivity index (χ0n) is 17.0. The zero-order valence-corrected chi connectivity index (χ0v) is 18.6. The Balaban J connectivity index is 1.86. The second-order valence-electron chi connectivity index (χ2n) is 7.13. The molecule has 1 atom stereocenters. The highest BCUT2D eigenvalue weighted by molar-refractivity contribution is 7.85. The molecule has 0 saturated heterocycles. The highest BCUT2D eigenvalue weighted by Crippen LogP contribution is 2.34. The minimum Gasteiger partial charge on any atom is -0.343 e. The fourth-order valence-corrected chi connectivity index (χ4v) is 4.70. The number of halogens is 1. The van der Waals surface area contributed by atoms with Gasteiger partial charge in [0.05, 0.1) is 32.7 Å². The van der Waals surface area contributed by atoms with E-state index in [0.29, 0.717) is 38.9 Å². The van der Waals surface area contributed by atoms with Gasteiger partial charge in [-0.05, 0) is 18.2 Å². The highest BCUT2D eigenvalue weighted by Gasteiger charge is 2.19. The Bertz CT molecular complexity index is 1570. The Hall–Kier alpha value is -3.42. The summed E-state index contributed by atoms with van der Waals surface area (Å²) in [5, 5.41) is 1.33. The van der Waals surface area contributed by atoms with E-state index in [9.17, 15) is 9.00 Å². The number of H-pyrrole nitrogens is 1. The lowest BCUT2D eigenvalue weighted by molar-refractivity contribution is 0.683. The number of hydrogen-bond acceptors (Lipinski definition) is 5. The molecule has 5 rings (SSSR count). The average Bonchev–Trinajstić information content (AvgIpc) is 2.83. The third kappa shape index (κ3) is 3.49. The molecular formula is C24H17ClN4O2S. The summed E-state index contributed by atoms with van der Waals surface area (Å²) in [7, 11) is -1.41. The Morgan fingerprint density at radius 2 is 1.75 bits per heavy atom. The van der Waals surface area contributed by atoms with Gasteiger partial charge in [0.15, 0.2) is 11.2 Å². The van der Waals surface area contributed by atoms with Gasteiger partial charge in [-0.3, -0.25) is 14.0 Å². The molecule has 0 aliphatic heterocycles. The Morgan fingerprint density at radius 1 is 0.969 bits per heavy atom. The summed E-state index contributed by atoms with van der Waals surface area (Å²) in [6.45, 7) is 1.76. The second kappa shape index (κ2) is 8.26. The predicted octanol–water partition coefficient (Wildman–Crippen LogP) is 4.98. The van der Waals surface area contributed by atoms with E-state index in [1.807, 2.05) is 48.5 Å². The molecule has 3 aromatic heterocycles. The van der Waals surface area contributed by atoms with E-state index in [1.165, 1.54) is 6.20 Å². The van der Waals surface area contributed by atoms with E-state index < -0.39 is 10.8 Å².